The molecule has 2 aromatic rings. The molecule has 2 heterocycles. The third-order valence-corrected chi connectivity index (χ3v) is 5.63. The molecule has 2 N–H and O–H groups in total. The molecule has 1 aromatic carbocycles. The Balaban J connectivity index is 1.89. The average Bonchev–Trinajstić information content (AvgIpc) is 2.40. The Hall–Kier alpha value is -1.63. The Labute approximate surface area is 128 Å². The summed E-state index contributed by atoms with van der Waals surface area (Å²) in [5, 5.41) is 0.656. The number of hydrogen-bond acceptors (Lipinski definition) is 4. The molecule has 1 unspecified atom stereocenters. The lowest BCUT2D eigenvalue weighted by atomic mass is 9.98. The Kier molecular flexibility index (Phi) is 3.61. The van der Waals surface area contributed by atoms with Gasteiger partial charge in [-0.2, -0.15) is 4.31 Å². The molecule has 0 amide bonds. The van der Waals surface area contributed by atoms with Crippen molar-refractivity contribution in [3.8, 4) is 0 Å². The number of nitrogen functional groups attached to an aromatic ring is 1. The molecule has 110 valence electrons. The van der Waals surface area contributed by atoms with Gasteiger partial charge in [0.05, 0.1) is 17.9 Å². The Morgan fingerprint density at radius 3 is 2.43 bits per heavy atom. The van der Waals surface area contributed by atoms with Crippen LogP contribution in [0.25, 0.3) is 0 Å². The largest absolute Gasteiger partial charge is 0.397 e. The normalized spacial score (nSPS) is 19.2. The SMILES string of the molecule is Nc1ccc(S(=O)(=O)N2CCC2c2ccc(Cl)cc2)nc1. The highest BCUT2D eigenvalue weighted by Gasteiger charge is 2.39. The summed E-state index contributed by atoms with van der Waals surface area (Å²) in [6.45, 7) is 0.488. The molecule has 5 nitrogen and oxygen atoms in total. The van der Waals surface area contributed by atoms with Crippen molar-refractivity contribution in [2.75, 3.05) is 12.3 Å². The first kappa shape index (κ1) is 14.3. The van der Waals surface area contributed by atoms with Gasteiger partial charge in [-0.15, -0.1) is 0 Å². The Bertz CT molecular complexity index is 745. The van der Waals surface area contributed by atoms with Crippen LogP contribution in [0.4, 0.5) is 5.69 Å². The molecule has 21 heavy (non-hydrogen) atoms. The van der Waals surface area contributed by atoms with Crippen molar-refractivity contribution in [2.45, 2.75) is 17.5 Å². The number of benzene rings is 1. The van der Waals surface area contributed by atoms with Crippen molar-refractivity contribution in [3.05, 3.63) is 53.2 Å². The third-order valence-electron chi connectivity index (χ3n) is 3.56. The van der Waals surface area contributed by atoms with Crippen molar-refractivity contribution >= 4 is 27.3 Å². The lowest BCUT2D eigenvalue weighted by molar-refractivity contribution is 0.201. The number of halogens is 1. The molecule has 0 radical (unpaired) electrons. The second kappa shape index (κ2) is 5.29. The van der Waals surface area contributed by atoms with Gasteiger partial charge in [-0.1, -0.05) is 23.7 Å². The molecule has 0 bridgehead atoms. The van der Waals surface area contributed by atoms with E-state index in [4.69, 9.17) is 17.3 Å². The number of nitrogens with two attached hydrogens (primary N) is 1. The fourth-order valence-corrected chi connectivity index (χ4v) is 4.03. The zero-order chi connectivity index (χ0) is 15.0. The predicted octanol–water partition coefficient (Wildman–Crippen LogP) is 2.45. The maximum absolute atomic E-state index is 12.6. The van der Waals surface area contributed by atoms with Crippen LogP contribution in [0.3, 0.4) is 0 Å². The molecule has 0 aliphatic carbocycles. The van der Waals surface area contributed by atoms with Crippen molar-refractivity contribution in [3.63, 3.8) is 0 Å². The van der Waals surface area contributed by atoms with Crippen LogP contribution in [0.1, 0.15) is 18.0 Å². The topological polar surface area (TPSA) is 76.3 Å². The molecule has 1 aliphatic rings. The molecule has 1 saturated heterocycles. The van der Waals surface area contributed by atoms with Gasteiger partial charge < -0.3 is 5.73 Å². The van der Waals surface area contributed by atoms with Crippen LogP contribution < -0.4 is 5.73 Å². The lowest BCUT2D eigenvalue weighted by Gasteiger charge is -2.39. The summed E-state index contributed by atoms with van der Waals surface area (Å²) in [4.78, 5) is 3.92. The second-order valence-corrected chi connectivity index (χ2v) is 7.18. The number of pyridine rings is 1. The second-order valence-electron chi connectivity index (χ2n) is 4.90. The zero-order valence-corrected chi connectivity index (χ0v) is 12.7. The first-order valence-electron chi connectivity index (χ1n) is 6.47. The number of hydrogen-bond donors (Lipinski definition) is 1. The molecule has 0 saturated carbocycles. The van der Waals surface area contributed by atoms with E-state index >= 15 is 0 Å². The molecular weight excluding hydrogens is 310 g/mol. The molecule has 1 atom stereocenters. The van der Waals surface area contributed by atoms with Gasteiger partial charge in [-0.25, -0.2) is 13.4 Å². The predicted molar refractivity (Wildman–Crippen MR) is 81.4 cm³/mol. The third kappa shape index (κ3) is 2.62. The van der Waals surface area contributed by atoms with Crippen molar-refractivity contribution < 1.29 is 8.42 Å². The van der Waals surface area contributed by atoms with Crippen molar-refractivity contribution in [2.24, 2.45) is 0 Å². The van der Waals surface area contributed by atoms with E-state index in [1.54, 1.807) is 12.1 Å². The van der Waals surface area contributed by atoms with Crippen molar-refractivity contribution in [1.82, 2.24) is 9.29 Å². The monoisotopic (exact) mass is 323 g/mol. The van der Waals surface area contributed by atoms with E-state index in [0.717, 1.165) is 12.0 Å². The van der Waals surface area contributed by atoms with E-state index in [0.29, 0.717) is 17.3 Å². The zero-order valence-electron chi connectivity index (χ0n) is 11.1. The minimum Gasteiger partial charge on any atom is -0.397 e. The summed E-state index contributed by atoms with van der Waals surface area (Å²) in [6.07, 6.45) is 2.14. The van der Waals surface area contributed by atoms with Gasteiger partial charge in [-0.3, -0.25) is 0 Å². The van der Waals surface area contributed by atoms with Gasteiger partial charge in [0.2, 0.25) is 0 Å². The van der Waals surface area contributed by atoms with Crippen LogP contribution in [0, 0.1) is 0 Å². The highest BCUT2D eigenvalue weighted by Crippen LogP contribution is 2.37. The lowest BCUT2D eigenvalue weighted by Crippen LogP contribution is -2.45. The number of anilines is 1. The Morgan fingerprint density at radius 1 is 1.19 bits per heavy atom. The number of nitrogens with zero attached hydrogens (tertiary/aromatic N) is 2. The van der Waals surface area contributed by atoms with Crippen LogP contribution in [0.2, 0.25) is 5.02 Å². The summed E-state index contributed by atoms with van der Waals surface area (Å²) >= 11 is 5.86. The number of rotatable bonds is 3. The fourth-order valence-electron chi connectivity index (χ4n) is 2.33. The molecule has 7 heteroatoms. The van der Waals surface area contributed by atoms with Gasteiger partial charge in [0.1, 0.15) is 0 Å². The number of sulfonamides is 1. The smallest absolute Gasteiger partial charge is 0.261 e. The van der Waals surface area contributed by atoms with Crippen LogP contribution in [-0.4, -0.2) is 24.3 Å². The maximum Gasteiger partial charge on any atom is 0.261 e. The minimum absolute atomic E-state index is 0.0235. The molecule has 1 fully saturated rings. The number of aromatic nitrogens is 1. The van der Waals surface area contributed by atoms with Gasteiger partial charge in [-0.05, 0) is 36.2 Å². The van der Waals surface area contributed by atoms with Crippen LogP contribution in [-0.2, 0) is 10.0 Å². The van der Waals surface area contributed by atoms with E-state index in [-0.39, 0.29) is 11.1 Å². The van der Waals surface area contributed by atoms with Crippen LogP contribution >= 0.6 is 11.6 Å². The van der Waals surface area contributed by atoms with Crippen molar-refractivity contribution in [1.29, 1.82) is 0 Å². The van der Waals surface area contributed by atoms with Gasteiger partial charge in [0.15, 0.2) is 5.03 Å². The van der Waals surface area contributed by atoms with E-state index in [1.165, 1.54) is 22.6 Å². The molecule has 3 rings (SSSR count). The molecule has 1 aromatic heterocycles. The van der Waals surface area contributed by atoms with E-state index in [9.17, 15) is 8.42 Å². The van der Waals surface area contributed by atoms with Crippen LogP contribution in [0.15, 0.2) is 47.6 Å². The molecular formula is C14H14ClN3O2S. The fraction of sp³-hybridized carbons (Fsp3) is 0.214. The van der Waals surface area contributed by atoms with Gasteiger partial charge in [0.25, 0.3) is 10.0 Å². The van der Waals surface area contributed by atoms with Crippen LogP contribution in [0.5, 0.6) is 0 Å². The van der Waals surface area contributed by atoms with Gasteiger partial charge in [0, 0.05) is 11.6 Å². The van der Waals surface area contributed by atoms with E-state index < -0.39 is 10.0 Å². The minimum atomic E-state index is -3.59. The highest BCUT2D eigenvalue weighted by molar-refractivity contribution is 7.89. The van der Waals surface area contributed by atoms with E-state index in [1.807, 2.05) is 12.1 Å². The maximum atomic E-state index is 12.6. The summed E-state index contributed by atoms with van der Waals surface area (Å²) in [6, 6.07) is 10.0. The van der Waals surface area contributed by atoms with Gasteiger partial charge >= 0.3 is 0 Å². The Morgan fingerprint density at radius 2 is 1.90 bits per heavy atom. The highest BCUT2D eigenvalue weighted by atomic mass is 35.5. The summed E-state index contributed by atoms with van der Waals surface area (Å²) in [7, 11) is -3.59. The quantitative estimate of drug-likeness (QED) is 0.941. The first-order chi connectivity index (χ1) is 9.98. The summed E-state index contributed by atoms with van der Waals surface area (Å²) in [5.41, 5.74) is 6.91. The van der Waals surface area contributed by atoms with E-state index in [2.05, 4.69) is 4.98 Å². The molecule has 0 spiro atoms. The molecule has 1 aliphatic heterocycles. The summed E-state index contributed by atoms with van der Waals surface area (Å²) < 4.78 is 26.6. The first-order valence-corrected chi connectivity index (χ1v) is 8.29. The summed E-state index contributed by atoms with van der Waals surface area (Å²) in [5.74, 6) is 0. The standard InChI is InChI=1S/C14H14ClN3O2S/c15-11-3-1-10(2-4-11)13-7-8-18(13)21(19,20)14-6-5-12(16)9-17-14/h1-6,9,13H,7-8,16H2. The average molecular weight is 324 g/mol.